The number of benzene rings is 2. The lowest BCUT2D eigenvalue weighted by Crippen LogP contribution is -2.27. The molecule has 2 heteroatoms. The lowest BCUT2D eigenvalue weighted by molar-refractivity contribution is -0.121. The molecular weight excluding hydrogens is 246 g/mol. The van der Waals surface area contributed by atoms with Gasteiger partial charge in [0.1, 0.15) is 0 Å². The Hall–Kier alpha value is -1.83. The molecule has 0 heterocycles. The standard InChI is InChI=1S/C18H19NO/c20-18(16-11-12-8-9-14(16)10-12)19-17-7-3-5-13-4-1-2-6-15(13)17/h1-7,12,14,16H,8-11H2,(H,19,20)/t12-,14+,16+/m0/s1. The molecule has 0 aliphatic heterocycles. The van der Waals surface area contributed by atoms with E-state index < -0.39 is 0 Å². The molecular formula is C18H19NO. The molecule has 3 atom stereocenters. The number of carbonyl (C=O) groups excluding carboxylic acids is 1. The highest BCUT2D eigenvalue weighted by molar-refractivity contribution is 6.02. The van der Waals surface area contributed by atoms with Crippen LogP contribution in [0.5, 0.6) is 0 Å². The predicted molar refractivity (Wildman–Crippen MR) is 81.5 cm³/mol. The quantitative estimate of drug-likeness (QED) is 0.865. The fourth-order valence-corrected chi connectivity index (χ4v) is 4.13. The van der Waals surface area contributed by atoms with Crippen molar-refractivity contribution in [2.45, 2.75) is 25.7 Å². The SMILES string of the molecule is O=C(Nc1cccc2ccccc12)[C@@H]1C[C@H]2CC[C@@H]1C2. The van der Waals surface area contributed by atoms with Crippen molar-refractivity contribution in [1.82, 2.24) is 0 Å². The van der Waals surface area contributed by atoms with Gasteiger partial charge in [-0.15, -0.1) is 0 Å². The molecule has 0 aromatic heterocycles. The summed E-state index contributed by atoms with van der Waals surface area (Å²) < 4.78 is 0. The summed E-state index contributed by atoms with van der Waals surface area (Å²) in [6.07, 6.45) is 4.95. The van der Waals surface area contributed by atoms with Crippen LogP contribution in [0.15, 0.2) is 42.5 Å². The Balaban J connectivity index is 1.60. The molecule has 2 fully saturated rings. The molecule has 2 saturated carbocycles. The lowest BCUT2D eigenvalue weighted by Gasteiger charge is -2.21. The third kappa shape index (κ3) is 1.91. The van der Waals surface area contributed by atoms with E-state index in [1.165, 1.54) is 24.6 Å². The van der Waals surface area contributed by atoms with Gasteiger partial charge in [-0.25, -0.2) is 0 Å². The summed E-state index contributed by atoms with van der Waals surface area (Å²) in [7, 11) is 0. The maximum atomic E-state index is 12.5. The maximum absolute atomic E-state index is 12.5. The van der Waals surface area contributed by atoms with Crippen molar-refractivity contribution in [3.63, 3.8) is 0 Å². The van der Waals surface area contributed by atoms with E-state index in [9.17, 15) is 4.79 Å². The summed E-state index contributed by atoms with van der Waals surface area (Å²) in [5.74, 6) is 1.92. The van der Waals surface area contributed by atoms with Gasteiger partial charge >= 0.3 is 0 Å². The van der Waals surface area contributed by atoms with Crippen molar-refractivity contribution in [2.75, 3.05) is 5.32 Å². The van der Waals surface area contributed by atoms with Crippen molar-refractivity contribution >= 4 is 22.4 Å². The Labute approximate surface area is 119 Å². The zero-order valence-electron chi connectivity index (χ0n) is 11.5. The van der Waals surface area contributed by atoms with Crippen molar-refractivity contribution in [2.24, 2.45) is 17.8 Å². The van der Waals surface area contributed by atoms with E-state index in [4.69, 9.17) is 0 Å². The van der Waals surface area contributed by atoms with E-state index in [1.807, 2.05) is 24.3 Å². The maximum Gasteiger partial charge on any atom is 0.227 e. The molecule has 2 bridgehead atoms. The van der Waals surface area contributed by atoms with Crippen molar-refractivity contribution in [1.29, 1.82) is 0 Å². The minimum atomic E-state index is 0.230. The summed E-state index contributed by atoms with van der Waals surface area (Å²) in [4.78, 5) is 12.5. The van der Waals surface area contributed by atoms with Gasteiger partial charge in [-0.1, -0.05) is 42.8 Å². The average Bonchev–Trinajstić information content (AvgIpc) is 3.10. The summed E-state index contributed by atoms with van der Waals surface area (Å²) in [6, 6.07) is 14.3. The van der Waals surface area contributed by atoms with Gasteiger partial charge in [-0.2, -0.15) is 0 Å². The van der Waals surface area contributed by atoms with Gasteiger partial charge in [-0.05, 0) is 42.6 Å². The number of hydrogen-bond donors (Lipinski definition) is 1. The third-order valence-corrected chi connectivity index (χ3v) is 5.12. The molecule has 20 heavy (non-hydrogen) atoms. The highest BCUT2D eigenvalue weighted by Crippen LogP contribution is 2.48. The van der Waals surface area contributed by atoms with Crippen LogP contribution in [-0.4, -0.2) is 5.91 Å². The van der Waals surface area contributed by atoms with Crippen LogP contribution in [0.2, 0.25) is 0 Å². The predicted octanol–water partition coefficient (Wildman–Crippen LogP) is 4.21. The topological polar surface area (TPSA) is 29.1 Å². The number of amides is 1. The molecule has 1 amide bonds. The highest BCUT2D eigenvalue weighted by atomic mass is 16.1. The van der Waals surface area contributed by atoms with E-state index in [0.717, 1.165) is 23.4 Å². The Morgan fingerprint density at radius 2 is 1.85 bits per heavy atom. The van der Waals surface area contributed by atoms with E-state index >= 15 is 0 Å². The van der Waals surface area contributed by atoms with Gasteiger partial charge in [0.05, 0.1) is 0 Å². The Kier molecular flexibility index (Phi) is 2.76. The molecule has 2 nitrogen and oxygen atoms in total. The first-order valence-electron chi connectivity index (χ1n) is 7.60. The lowest BCUT2D eigenvalue weighted by atomic mass is 9.88. The van der Waals surface area contributed by atoms with Crippen LogP contribution >= 0.6 is 0 Å². The summed E-state index contributed by atoms with van der Waals surface area (Å²) >= 11 is 0. The minimum absolute atomic E-state index is 0.230. The third-order valence-electron chi connectivity index (χ3n) is 5.12. The number of anilines is 1. The van der Waals surface area contributed by atoms with Gasteiger partial charge in [0.25, 0.3) is 0 Å². The highest BCUT2D eigenvalue weighted by Gasteiger charge is 2.43. The second-order valence-electron chi connectivity index (χ2n) is 6.30. The largest absolute Gasteiger partial charge is 0.325 e. The first-order valence-corrected chi connectivity index (χ1v) is 7.60. The number of nitrogens with one attached hydrogen (secondary N) is 1. The molecule has 0 saturated heterocycles. The van der Waals surface area contributed by atoms with E-state index in [-0.39, 0.29) is 11.8 Å². The second kappa shape index (κ2) is 4.62. The summed E-state index contributed by atoms with van der Waals surface area (Å²) in [5.41, 5.74) is 0.955. The zero-order chi connectivity index (χ0) is 13.5. The Morgan fingerprint density at radius 1 is 1.00 bits per heavy atom. The molecule has 0 radical (unpaired) electrons. The molecule has 2 aliphatic rings. The molecule has 0 spiro atoms. The van der Waals surface area contributed by atoms with E-state index in [2.05, 4.69) is 23.5 Å². The molecule has 4 rings (SSSR count). The fourth-order valence-electron chi connectivity index (χ4n) is 4.13. The molecule has 2 aromatic carbocycles. The number of rotatable bonds is 2. The zero-order valence-corrected chi connectivity index (χ0v) is 11.5. The smallest absolute Gasteiger partial charge is 0.227 e. The number of hydrogen-bond acceptors (Lipinski definition) is 1. The Bertz CT molecular complexity index is 658. The monoisotopic (exact) mass is 265 g/mol. The van der Waals surface area contributed by atoms with Crippen molar-refractivity contribution < 1.29 is 4.79 Å². The van der Waals surface area contributed by atoms with Gasteiger partial charge < -0.3 is 5.32 Å². The van der Waals surface area contributed by atoms with E-state index in [0.29, 0.717) is 5.92 Å². The van der Waals surface area contributed by atoms with Gasteiger partial charge in [0.2, 0.25) is 5.91 Å². The number of carbonyl (C=O) groups is 1. The van der Waals surface area contributed by atoms with Crippen LogP contribution in [0, 0.1) is 17.8 Å². The van der Waals surface area contributed by atoms with Gasteiger partial charge in [-0.3, -0.25) is 4.79 Å². The van der Waals surface area contributed by atoms with Crippen LogP contribution in [-0.2, 0) is 4.79 Å². The summed E-state index contributed by atoms with van der Waals surface area (Å²) in [5, 5.41) is 5.48. The first kappa shape index (κ1) is 12.0. The van der Waals surface area contributed by atoms with Crippen LogP contribution in [0.3, 0.4) is 0 Å². The van der Waals surface area contributed by atoms with E-state index in [1.54, 1.807) is 0 Å². The molecule has 2 aliphatic carbocycles. The fraction of sp³-hybridized carbons (Fsp3) is 0.389. The summed E-state index contributed by atoms with van der Waals surface area (Å²) in [6.45, 7) is 0. The number of fused-ring (bicyclic) bond motifs is 3. The van der Waals surface area contributed by atoms with Gasteiger partial charge in [0, 0.05) is 17.0 Å². The molecule has 1 N–H and O–H groups in total. The second-order valence-corrected chi connectivity index (χ2v) is 6.30. The Morgan fingerprint density at radius 3 is 2.65 bits per heavy atom. The normalized spacial score (nSPS) is 27.9. The first-order chi connectivity index (χ1) is 9.81. The van der Waals surface area contributed by atoms with Crippen molar-refractivity contribution in [3.05, 3.63) is 42.5 Å². The van der Waals surface area contributed by atoms with Crippen molar-refractivity contribution in [3.8, 4) is 0 Å². The molecule has 102 valence electrons. The van der Waals surface area contributed by atoms with Crippen LogP contribution in [0.25, 0.3) is 10.8 Å². The minimum Gasteiger partial charge on any atom is -0.325 e. The molecule has 0 unspecified atom stereocenters. The van der Waals surface area contributed by atoms with Crippen LogP contribution < -0.4 is 5.32 Å². The van der Waals surface area contributed by atoms with Gasteiger partial charge in [0.15, 0.2) is 0 Å². The van der Waals surface area contributed by atoms with Crippen LogP contribution in [0.4, 0.5) is 5.69 Å². The molecule has 2 aromatic rings. The van der Waals surface area contributed by atoms with Crippen LogP contribution in [0.1, 0.15) is 25.7 Å². The average molecular weight is 265 g/mol.